The second kappa shape index (κ2) is 56.8. The highest BCUT2D eigenvalue weighted by Crippen LogP contribution is 2.20. The maximum atomic E-state index is 14.7. The number of amides is 17. The molecule has 1 heterocycles. The number of phenols is 2. The van der Waals surface area contributed by atoms with Gasteiger partial charge in [-0.1, -0.05) is 107 Å². The van der Waals surface area contributed by atoms with Gasteiger partial charge in [-0.2, -0.15) is 0 Å². The number of phenolic OH excluding ortho intramolecular Hbond substituents is 2. The Labute approximate surface area is 765 Å². The summed E-state index contributed by atoms with van der Waals surface area (Å²) in [5.74, 6) is -26.1. The average molecular weight is 1900 g/mol. The molecule has 728 valence electrons. The van der Waals surface area contributed by atoms with Crippen LogP contribution >= 0.6 is 11.8 Å². The highest BCUT2D eigenvalue weighted by molar-refractivity contribution is 8.14. The van der Waals surface area contributed by atoms with Gasteiger partial charge in [0.1, 0.15) is 84.0 Å². The summed E-state index contributed by atoms with van der Waals surface area (Å²) in [5.41, 5.74) is 6.45. The normalized spacial score (nSPS) is 15.7. The van der Waals surface area contributed by atoms with Crippen LogP contribution in [0.2, 0.25) is 0 Å². The van der Waals surface area contributed by atoms with Crippen LogP contribution in [-0.2, 0) is 122 Å². The molecule has 1 saturated heterocycles. The predicted molar refractivity (Wildman–Crippen MR) is 469 cm³/mol. The molecule has 1 aliphatic heterocycles. The van der Waals surface area contributed by atoms with E-state index in [9.17, 15) is 146 Å². The minimum absolute atomic E-state index is 0.0745. The van der Waals surface area contributed by atoms with Crippen molar-refractivity contribution in [2.45, 2.75) is 216 Å². The average Bonchev–Trinajstić information content (AvgIpc) is 0.947. The molecule has 17 atom stereocenters. The molecule has 49 heteroatoms. The van der Waals surface area contributed by atoms with E-state index in [2.05, 4.69) is 79.8 Å². The first-order valence-electron chi connectivity index (χ1n) is 42.1. The first-order chi connectivity index (χ1) is 62.3. The summed E-state index contributed by atoms with van der Waals surface area (Å²) < 4.78 is 12.7. The number of nitrogens with two attached hydrogens (primary N) is 1. The van der Waals surface area contributed by atoms with Crippen molar-refractivity contribution in [1.82, 2.24) is 84.7 Å². The number of unbranched alkanes of at least 4 members (excludes halogenated alkanes) is 1. The van der Waals surface area contributed by atoms with Gasteiger partial charge < -0.3 is 136 Å². The van der Waals surface area contributed by atoms with Crippen LogP contribution in [0.4, 0.5) is 4.79 Å². The van der Waals surface area contributed by atoms with Gasteiger partial charge in [-0.3, -0.25) is 101 Å². The molecule has 3 aromatic rings. The maximum absolute atomic E-state index is 14.7. The Hall–Kier alpha value is -12.7. The largest absolute Gasteiger partial charge is 0.616 e. The minimum Gasteiger partial charge on any atom is -0.616 e. The second-order valence-corrected chi connectivity index (χ2v) is 34.0. The summed E-state index contributed by atoms with van der Waals surface area (Å²) in [7, 11) is 0. The molecule has 132 heavy (non-hydrogen) atoms. The molecule has 0 spiro atoms. The summed E-state index contributed by atoms with van der Waals surface area (Å²) in [6, 6.07) is -4.75. The van der Waals surface area contributed by atoms with Crippen molar-refractivity contribution in [3.63, 3.8) is 0 Å². The molecule has 0 saturated carbocycles. The number of hydrogen-bond acceptors (Lipinski definition) is 29. The topological polar surface area (TPSA) is 756 Å². The van der Waals surface area contributed by atoms with Gasteiger partial charge in [0.25, 0.3) is 17.1 Å². The van der Waals surface area contributed by atoms with Gasteiger partial charge in [0, 0.05) is 44.8 Å². The van der Waals surface area contributed by atoms with Crippen molar-refractivity contribution < 1.29 is 146 Å². The van der Waals surface area contributed by atoms with E-state index < -0.39 is 295 Å². The van der Waals surface area contributed by atoms with Crippen molar-refractivity contribution in [2.24, 2.45) is 17.6 Å². The number of aromatic hydroxyl groups is 2. The van der Waals surface area contributed by atoms with Crippen molar-refractivity contribution >= 4 is 141 Å². The molecule has 1 unspecified atom stereocenters. The van der Waals surface area contributed by atoms with E-state index in [-0.39, 0.29) is 61.1 Å². The number of aliphatic hydroxyl groups excluding tert-OH is 4. The van der Waals surface area contributed by atoms with Gasteiger partial charge in [-0.25, -0.2) is 0 Å². The number of hydrogen-bond donors (Lipinski definition) is 25. The van der Waals surface area contributed by atoms with Gasteiger partial charge in [-0.05, 0) is 117 Å². The lowest BCUT2D eigenvalue weighted by Crippen LogP contribution is -2.63. The second-order valence-electron chi connectivity index (χ2n) is 31.6. The molecule has 0 aliphatic carbocycles. The molecule has 17 amide bonds. The number of rotatable bonds is 59. The van der Waals surface area contributed by atoms with Crippen molar-refractivity contribution in [3.05, 3.63) is 95.6 Å². The van der Waals surface area contributed by atoms with Crippen molar-refractivity contribution in [3.8, 4) is 11.5 Å². The summed E-state index contributed by atoms with van der Waals surface area (Å²) in [4.78, 5) is 270. The van der Waals surface area contributed by atoms with E-state index in [0.717, 1.165) is 30.5 Å². The van der Waals surface area contributed by atoms with E-state index in [1.54, 1.807) is 33.8 Å². The van der Waals surface area contributed by atoms with E-state index >= 15 is 0 Å². The smallest absolute Gasteiger partial charge is 0.305 e. The number of nitrogens with one attached hydrogen (secondary N) is 15. The highest BCUT2D eigenvalue weighted by atomic mass is 32.2. The summed E-state index contributed by atoms with van der Waals surface area (Å²) in [6.45, 7) is 6.64. The van der Waals surface area contributed by atoms with Crippen LogP contribution in [0.3, 0.4) is 0 Å². The third kappa shape index (κ3) is 40.0. The SMILES string of the molecule is CC[C@H](C)[C@H](NC(=O)[C@H](CO)NC(=O)[C@H](Cc1ccc(O)cc1)NC(=O)[C@H](CC(=O)O)NC(=O)[C@H](CO)NC(=O)[C@@H](NC(=O)[C@H](Cc1ccccc1)NC(=O)[C@@H](NC(=O)CNC(=O)[C@H](CCC(=O)O)NC(=O)C[S+]([O-])CC(=O)NCCN1C(=O)CSC1=O)[C@@H](C)O)[C@@H](C)O)C(=O)N[C@@H](Cc1ccc(O)cc1)C(=O)N[C@@H](CC(C)C)C(=O)N[C@@H](CC(=O)O)C(=O)N[C@H](C)CCCCN. The predicted octanol–water partition coefficient (Wildman–Crippen LogP) is -7.09. The molecule has 0 aromatic heterocycles. The number of benzene rings is 3. The lowest BCUT2D eigenvalue weighted by Gasteiger charge is -2.30. The van der Waals surface area contributed by atoms with Crippen LogP contribution in [0.1, 0.15) is 123 Å². The Morgan fingerprint density at radius 2 is 0.856 bits per heavy atom. The number of carbonyl (C=O) groups excluding carboxylic acids is 17. The van der Waals surface area contributed by atoms with Crippen molar-refractivity contribution in [2.75, 3.05) is 56.7 Å². The van der Waals surface area contributed by atoms with E-state index in [1.807, 2.05) is 0 Å². The molecule has 3 aromatic carbocycles. The Kier molecular flexibility index (Phi) is 48.0. The van der Waals surface area contributed by atoms with Crippen LogP contribution in [0.25, 0.3) is 0 Å². The Morgan fingerprint density at radius 1 is 0.447 bits per heavy atom. The third-order valence-electron chi connectivity index (χ3n) is 20.1. The van der Waals surface area contributed by atoms with Crippen LogP contribution in [0.15, 0.2) is 78.9 Å². The highest BCUT2D eigenvalue weighted by Gasteiger charge is 2.41. The quantitative estimate of drug-likeness (QED) is 0.0184. The first kappa shape index (κ1) is 112. The van der Waals surface area contributed by atoms with E-state index in [1.165, 1.54) is 79.7 Å². The van der Waals surface area contributed by atoms with Crippen LogP contribution < -0.4 is 85.5 Å². The molecular formula is C83H119N17O30S2. The molecule has 4 rings (SSSR count). The fraction of sp³-hybridized carbons (Fsp3) is 0.542. The molecule has 26 N–H and O–H groups in total. The Balaban J connectivity index is 1.53. The summed E-state index contributed by atoms with van der Waals surface area (Å²) in [6.07, 6.45) is -6.72. The molecule has 0 bridgehead atoms. The van der Waals surface area contributed by atoms with Crippen LogP contribution in [-0.4, -0.2) is 320 Å². The summed E-state index contributed by atoms with van der Waals surface area (Å²) >= 11 is -1.46. The van der Waals surface area contributed by atoms with Gasteiger partial charge >= 0.3 is 17.9 Å². The molecule has 1 fully saturated rings. The lowest BCUT2D eigenvalue weighted by atomic mass is 9.96. The van der Waals surface area contributed by atoms with Gasteiger partial charge in [0.2, 0.25) is 82.7 Å². The number of aliphatic hydroxyl groups is 4. The van der Waals surface area contributed by atoms with Crippen LogP contribution in [0.5, 0.6) is 11.5 Å². The number of nitrogens with zero attached hydrogens (tertiary/aromatic N) is 1. The number of carboxylic acid groups (broad SMARTS) is 3. The Bertz CT molecular complexity index is 4470. The fourth-order valence-electron chi connectivity index (χ4n) is 12.8. The standard InChI is InChI=1S/C83H119N17O30S2/c1-8-43(4)68(80(126)93-55(33-49-19-23-51(106)24-20-49)74(120)89-53(30-42(2)3)73(119)91-57(34-66(113)114)72(118)87-44(5)14-12-13-27-84)98-79(125)60(38-102)95-75(121)54(32-48-17-21-50(105)22-18-48)90-76(122)58(35-67(115)116)92-78(124)59(37-101)96-82(128)70(46(7)104)99-77(123)56(31-47-15-10-9-11-16-47)94-81(127)69(45(6)103)97-61(107)36-86-71(117)52(25-26-65(111)112)88-63(109)41-132(130)40-62(108)85-28-29-100-64(110)39-131-83(100)129/h9-11,15-24,42-46,52-60,68-70,101-106H,8,12-14,25-41,84H2,1-7H3,(H,85,108)(H,86,117)(H,87,118)(H,88,109)(H,89,120)(H,90,122)(H,91,119)(H,92,124)(H,93,126)(H,94,127)(H,95,121)(H,96,128)(H,97,107)(H,98,125)(H,99,123)(H,111,112)(H,113,114)(H,115,116)/t43-,44+,45+,46+,52-,53-,54-,55-,56-,57-,58-,59-,60-,68-,69-,70-,132?/m0/s1. The number of carboxylic acids is 3. The monoisotopic (exact) mass is 1900 g/mol. The molecular weight excluding hydrogens is 1780 g/mol. The zero-order chi connectivity index (χ0) is 98.8. The Morgan fingerprint density at radius 3 is 1.32 bits per heavy atom. The number of thioether (sulfide) groups is 1. The van der Waals surface area contributed by atoms with Gasteiger partial charge in [0.05, 0.1) is 50.6 Å². The first-order valence-corrected chi connectivity index (χ1v) is 44.6. The van der Waals surface area contributed by atoms with E-state index in [4.69, 9.17) is 5.73 Å². The number of imide groups is 1. The van der Waals surface area contributed by atoms with Crippen molar-refractivity contribution in [1.29, 1.82) is 0 Å². The van der Waals surface area contributed by atoms with Gasteiger partial charge in [-0.15, -0.1) is 0 Å². The lowest BCUT2D eigenvalue weighted by molar-refractivity contribution is -0.142. The molecule has 47 nitrogen and oxygen atoms in total. The maximum Gasteiger partial charge on any atom is 0.305 e. The van der Waals surface area contributed by atoms with Crippen LogP contribution in [0, 0.1) is 11.8 Å². The number of carbonyl (C=O) groups is 20. The zero-order valence-electron chi connectivity index (χ0n) is 73.6. The number of aliphatic carboxylic acids is 3. The minimum atomic E-state index is -2.24. The fourth-order valence-corrected chi connectivity index (χ4v) is 14.5. The summed E-state index contributed by atoms with van der Waals surface area (Å²) in [5, 5.41) is 127. The zero-order valence-corrected chi connectivity index (χ0v) is 75.2. The third-order valence-corrected chi connectivity index (χ3v) is 22.2. The van der Waals surface area contributed by atoms with Gasteiger partial charge in [0.15, 0.2) is 11.5 Å². The van der Waals surface area contributed by atoms with E-state index in [0.29, 0.717) is 36.9 Å². The molecule has 0 radical (unpaired) electrons. The molecule has 1 aliphatic rings.